The lowest BCUT2D eigenvalue weighted by Crippen LogP contribution is -2.67. The van der Waals surface area contributed by atoms with E-state index in [0.717, 1.165) is 6.92 Å². The van der Waals surface area contributed by atoms with Gasteiger partial charge in [-0.2, -0.15) is 5.32 Å². The van der Waals surface area contributed by atoms with Gasteiger partial charge in [0.05, 0.1) is 0 Å². The Bertz CT molecular complexity index is 602. The first-order chi connectivity index (χ1) is 11.6. The predicted octanol–water partition coefficient (Wildman–Crippen LogP) is -0.436. The standard InChI is InChI=1S/C16H23NO9/c1-8(2)12(18)24-11(7)15(17-16(21,22)23,25-13(19)9(3)4)26-14(20)10(5)6/h11,17,21-23H,1,3,5H2,2,4,6-7H3. The number of esters is 3. The van der Waals surface area contributed by atoms with Gasteiger partial charge in [-0.15, -0.1) is 0 Å². The van der Waals surface area contributed by atoms with E-state index in [2.05, 4.69) is 19.7 Å². The maximum Gasteiger partial charge on any atom is 0.362 e. The van der Waals surface area contributed by atoms with Gasteiger partial charge in [0.25, 0.3) is 0 Å². The highest BCUT2D eigenvalue weighted by atomic mass is 16.8. The summed E-state index contributed by atoms with van der Waals surface area (Å²) in [5, 5.41) is 29.4. The first-order valence-corrected chi connectivity index (χ1v) is 7.22. The topological polar surface area (TPSA) is 152 Å². The van der Waals surface area contributed by atoms with Crippen LogP contribution in [0.3, 0.4) is 0 Å². The first-order valence-electron chi connectivity index (χ1n) is 7.22. The molecule has 1 unspecified atom stereocenters. The summed E-state index contributed by atoms with van der Waals surface area (Å²) in [5.41, 5.74) is -0.382. The van der Waals surface area contributed by atoms with E-state index in [1.807, 2.05) is 0 Å². The molecule has 0 aliphatic heterocycles. The molecule has 10 nitrogen and oxygen atoms in total. The second-order valence-electron chi connectivity index (χ2n) is 5.60. The van der Waals surface area contributed by atoms with Gasteiger partial charge in [-0.3, -0.25) is 0 Å². The summed E-state index contributed by atoms with van der Waals surface area (Å²) in [4.78, 5) is 35.6. The number of ether oxygens (including phenoxy) is 3. The maximum absolute atomic E-state index is 11.9. The highest BCUT2D eigenvalue weighted by Crippen LogP contribution is 2.24. The fourth-order valence-electron chi connectivity index (χ4n) is 1.36. The Morgan fingerprint density at radius 1 is 0.846 bits per heavy atom. The van der Waals surface area contributed by atoms with Crippen molar-refractivity contribution in [2.75, 3.05) is 0 Å². The van der Waals surface area contributed by atoms with Gasteiger partial charge >= 0.3 is 29.9 Å². The van der Waals surface area contributed by atoms with Crippen LogP contribution in [0.25, 0.3) is 0 Å². The minimum absolute atomic E-state index is 0.0496. The molecule has 26 heavy (non-hydrogen) atoms. The molecule has 0 spiro atoms. The van der Waals surface area contributed by atoms with E-state index < -0.39 is 36.0 Å². The Labute approximate surface area is 150 Å². The molecule has 1 atom stereocenters. The SMILES string of the molecule is C=C(C)C(=O)OC(C)C(NC(O)(O)O)(OC(=O)C(=C)C)OC(=O)C(=C)C. The van der Waals surface area contributed by atoms with Crippen molar-refractivity contribution in [2.45, 2.75) is 45.8 Å². The molecule has 0 aliphatic rings. The second-order valence-corrected chi connectivity index (χ2v) is 5.60. The van der Waals surface area contributed by atoms with Crippen LogP contribution in [0, 0.1) is 0 Å². The Hall–Kier alpha value is -2.53. The number of hydrogen-bond donors (Lipinski definition) is 4. The van der Waals surface area contributed by atoms with Crippen molar-refractivity contribution in [3.05, 3.63) is 36.5 Å². The van der Waals surface area contributed by atoms with Crippen molar-refractivity contribution in [1.82, 2.24) is 5.32 Å². The Kier molecular flexibility index (Phi) is 7.87. The van der Waals surface area contributed by atoms with Gasteiger partial charge in [0.15, 0.2) is 6.10 Å². The smallest absolute Gasteiger partial charge is 0.362 e. The summed E-state index contributed by atoms with van der Waals surface area (Å²) in [6.07, 6.45) is -5.36. The summed E-state index contributed by atoms with van der Waals surface area (Å²) >= 11 is 0. The van der Waals surface area contributed by atoms with Crippen LogP contribution in [0.5, 0.6) is 0 Å². The normalized spacial score (nSPS) is 12.6. The molecule has 0 fully saturated rings. The number of hydrogen-bond acceptors (Lipinski definition) is 10. The van der Waals surface area contributed by atoms with Crippen LogP contribution >= 0.6 is 0 Å². The zero-order valence-corrected chi connectivity index (χ0v) is 15.0. The lowest BCUT2D eigenvalue weighted by Gasteiger charge is -2.38. The monoisotopic (exact) mass is 373 g/mol. The maximum atomic E-state index is 11.9. The molecule has 0 rings (SSSR count). The third-order valence-corrected chi connectivity index (χ3v) is 2.69. The van der Waals surface area contributed by atoms with E-state index in [1.54, 1.807) is 5.32 Å². The van der Waals surface area contributed by atoms with Crippen LogP contribution < -0.4 is 5.32 Å². The summed E-state index contributed by atoms with van der Waals surface area (Å²) < 4.78 is 14.8. The summed E-state index contributed by atoms with van der Waals surface area (Å²) in [7, 11) is 0. The predicted molar refractivity (Wildman–Crippen MR) is 87.4 cm³/mol. The Morgan fingerprint density at radius 2 is 1.19 bits per heavy atom. The molecule has 0 aromatic rings. The molecule has 0 bridgehead atoms. The van der Waals surface area contributed by atoms with Crippen molar-refractivity contribution in [3.63, 3.8) is 0 Å². The van der Waals surface area contributed by atoms with E-state index in [4.69, 9.17) is 14.2 Å². The van der Waals surface area contributed by atoms with Gasteiger partial charge in [0.1, 0.15) is 0 Å². The van der Waals surface area contributed by atoms with Crippen LogP contribution in [0.4, 0.5) is 0 Å². The van der Waals surface area contributed by atoms with Gasteiger partial charge in [-0.25, -0.2) is 14.4 Å². The zero-order valence-electron chi connectivity index (χ0n) is 15.0. The van der Waals surface area contributed by atoms with Gasteiger partial charge in [-0.1, -0.05) is 19.7 Å². The number of carbonyl (C=O) groups excluding carboxylic acids is 3. The fourth-order valence-corrected chi connectivity index (χ4v) is 1.36. The quantitative estimate of drug-likeness (QED) is 0.238. The van der Waals surface area contributed by atoms with E-state index in [1.165, 1.54) is 20.8 Å². The fraction of sp³-hybridized carbons (Fsp3) is 0.438. The lowest BCUT2D eigenvalue weighted by molar-refractivity contribution is -0.389. The van der Waals surface area contributed by atoms with Crippen molar-refractivity contribution < 1.29 is 43.9 Å². The number of carbonyl (C=O) groups is 3. The van der Waals surface area contributed by atoms with Gasteiger partial charge in [-0.05, 0) is 27.7 Å². The van der Waals surface area contributed by atoms with Crippen molar-refractivity contribution in [2.24, 2.45) is 0 Å². The molecule has 0 radical (unpaired) electrons. The first kappa shape index (κ1) is 23.5. The van der Waals surface area contributed by atoms with Crippen molar-refractivity contribution >= 4 is 17.9 Å². The average Bonchev–Trinajstić information content (AvgIpc) is 2.44. The molecule has 0 aliphatic carbocycles. The molecular formula is C16H23NO9. The van der Waals surface area contributed by atoms with Gasteiger partial charge in [0.2, 0.25) is 0 Å². The molecule has 0 amide bonds. The molecule has 0 aromatic heterocycles. The van der Waals surface area contributed by atoms with Crippen LogP contribution in [-0.4, -0.2) is 51.3 Å². The largest absolute Gasteiger partial charge is 0.449 e. The lowest BCUT2D eigenvalue weighted by atomic mass is 10.2. The van der Waals surface area contributed by atoms with E-state index in [-0.39, 0.29) is 16.7 Å². The number of rotatable bonds is 9. The molecule has 146 valence electrons. The highest BCUT2D eigenvalue weighted by molar-refractivity contribution is 5.89. The van der Waals surface area contributed by atoms with E-state index in [0.29, 0.717) is 0 Å². The molecule has 0 saturated heterocycles. The summed E-state index contributed by atoms with van der Waals surface area (Å²) in [6.45, 7) is 14.9. The molecule has 10 heteroatoms. The highest BCUT2D eigenvalue weighted by Gasteiger charge is 2.52. The molecule has 0 saturated carbocycles. The van der Waals surface area contributed by atoms with Gasteiger partial charge in [0, 0.05) is 16.7 Å². The number of nitrogens with one attached hydrogen (secondary N) is 1. The third kappa shape index (κ3) is 7.15. The zero-order chi connectivity index (χ0) is 20.9. The van der Waals surface area contributed by atoms with Crippen molar-refractivity contribution in [1.29, 1.82) is 0 Å². The van der Waals surface area contributed by atoms with E-state index in [9.17, 15) is 29.7 Å². The van der Waals surface area contributed by atoms with Crippen LogP contribution in [0.1, 0.15) is 27.7 Å². The Morgan fingerprint density at radius 3 is 1.46 bits per heavy atom. The second kappa shape index (κ2) is 8.72. The average molecular weight is 373 g/mol. The third-order valence-electron chi connectivity index (χ3n) is 2.69. The summed E-state index contributed by atoms with van der Waals surface area (Å²) in [5.74, 6) is -6.13. The molecule has 0 heterocycles. The van der Waals surface area contributed by atoms with E-state index >= 15 is 0 Å². The van der Waals surface area contributed by atoms with Crippen molar-refractivity contribution in [3.8, 4) is 0 Å². The molecule has 0 aromatic carbocycles. The van der Waals surface area contributed by atoms with Crippen LogP contribution in [-0.2, 0) is 28.6 Å². The minimum Gasteiger partial charge on any atom is -0.449 e. The molecular weight excluding hydrogens is 350 g/mol. The van der Waals surface area contributed by atoms with Gasteiger partial charge < -0.3 is 29.5 Å². The minimum atomic E-state index is -3.69. The van der Waals surface area contributed by atoms with Crippen LogP contribution in [0.2, 0.25) is 0 Å². The van der Waals surface area contributed by atoms with Crippen LogP contribution in [0.15, 0.2) is 36.5 Å². The summed E-state index contributed by atoms with van der Waals surface area (Å²) in [6, 6.07) is 0. The number of aliphatic hydroxyl groups is 3. The Balaban J connectivity index is 6.13. The molecule has 4 N–H and O–H groups in total.